The number of fused-ring (bicyclic) bond motifs is 2. The van der Waals surface area contributed by atoms with Gasteiger partial charge in [0.15, 0.2) is 11.5 Å². The minimum Gasteiger partial charge on any atom is -0.457 e. The highest BCUT2D eigenvalue weighted by molar-refractivity contribution is 7.89. The predicted molar refractivity (Wildman–Crippen MR) is 193 cm³/mol. The summed E-state index contributed by atoms with van der Waals surface area (Å²) in [7, 11) is -3.79. The summed E-state index contributed by atoms with van der Waals surface area (Å²) >= 11 is 0. The molecule has 9 nitrogen and oxygen atoms in total. The maximum atomic E-state index is 13.4. The third-order valence-electron chi connectivity index (χ3n) is 8.01. The van der Waals surface area contributed by atoms with Crippen LogP contribution in [0.15, 0.2) is 148 Å². The normalized spacial score (nSPS) is 11.9. The molecule has 0 bridgehead atoms. The van der Waals surface area contributed by atoms with Gasteiger partial charge in [-0.3, -0.25) is 0 Å². The Bertz CT molecular complexity index is 2420. The topological polar surface area (TPSA) is 132 Å². The van der Waals surface area contributed by atoms with E-state index >= 15 is 0 Å². The number of aliphatic imine (C=N–C) groups is 1. The van der Waals surface area contributed by atoms with Gasteiger partial charge in [-0.25, -0.2) is 27.9 Å². The van der Waals surface area contributed by atoms with Crippen molar-refractivity contribution in [2.45, 2.75) is 24.5 Å². The first-order valence-corrected chi connectivity index (χ1v) is 17.4. The summed E-state index contributed by atoms with van der Waals surface area (Å²) in [6.07, 6.45) is 0. The molecule has 0 spiro atoms. The Morgan fingerprint density at radius 1 is 0.780 bits per heavy atom. The molecular formula is C39H32FN5O4S. The van der Waals surface area contributed by atoms with E-state index in [1.807, 2.05) is 72.8 Å². The maximum absolute atomic E-state index is 13.4. The van der Waals surface area contributed by atoms with Crippen LogP contribution in [0.5, 0.6) is 11.5 Å². The number of oxazole rings is 1. The highest BCUT2D eigenvalue weighted by Gasteiger charge is 2.11. The van der Waals surface area contributed by atoms with Crippen molar-refractivity contribution < 1.29 is 22.0 Å². The zero-order valence-electron chi connectivity index (χ0n) is 26.7. The number of aromatic nitrogens is 1. The Labute approximate surface area is 288 Å². The minimum atomic E-state index is -3.79. The summed E-state index contributed by atoms with van der Waals surface area (Å²) in [4.78, 5) is 9.50. The van der Waals surface area contributed by atoms with Gasteiger partial charge in [0.05, 0.1) is 11.4 Å². The Morgan fingerprint density at radius 2 is 1.50 bits per heavy atom. The van der Waals surface area contributed by atoms with Gasteiger partial charge in [-0.15, -0.1) is 0 Å². The van der Waals surface area contributed by atoms with Crippen molar-refractivity contribution in [1.29, 1.82) is 0 Å². The van der Waals surface area contributed by atoms with E-state index < -0.39 is 10.0 Å². The number of primary sulfonamides is 1. The van der Waals surface area contributed by atoms with Crippen LogP contribution in [0.2, 0.25) is 0 Å². The van der Waals surface area contributed by atoms with Gasteiger partial charge in [-0.05, 0) is 88.8 Å². The summed E-state index contributed by atoms with van der Waals surface area (Å²) < 4.78 is 49.0. The molecule has 0 fully saturated rings. The second kappa shape index (κ2) is 14.2. The number of nitrogens with two attached hydrogens (primary N) is 1. The van der Waals surface area contributed by atoms with Crippen molar-refractivity contribution in [3.63, 3.8) is 0 Å². The number of nitrogens with zero attached hydrogens (tertiary/aromatic N) is 2. The minimum absolute atomic E-state index is 0.0460. The van der Waals surface area contributed by atoms with E-state index in [4.69, 9.17) is 19.3 Å². The van der Waals surface area contributed by atoms with E-state index in [-0.39, 0.29) is 10.7 Å². The first-order valence-electron chi connectivity index (χ1n) is 15.8. The Morgan fingerprint density at radius 3 is 2.30 bits per heavy atom. The SMILES string of the molecule is NS(=O)(=O)c1ccc(CNC(=NCc2cccc(Oc3cccc4ccccc34)c2)NCc2ccc3oc(-c4ccc(F)cc4)nc3c2)cc1. The quantitative estimate of drug-likeness (QED) is 0.0995. The van der Waals surface area contributed by atoms with Gasteiger partial charge in [0.2, 0.25) is 15.9 Å². The molecule has 6 aromatic carbocycles. The summed E-state index contributed by atoms with van der Waals surface area (Å²) in [5, 5.41) is 14.1. The number of halogens is 1. The lowest BCUT2D eigenvalue weighted by Crippen LogP contribution is -2.36. The van der Waals surface area contributed by atoms with E-state index in [1.54, 1.807) is 24.3 Å². The fourth-order valence-corrected chi connectivity index (χ4v) is 5.95. The van der Waals surface area contributed by atoms with Crippen LogP contribution in [0, 0.1) is 5.82 Å². The molecule has 1 heterocycles. The first-order chi connectivity index (χ1) is 24.3. The molecule has 11 heteroatoms. The van der Waals surface area contributed by atoms with Gasteiger partial charge in [-0.2, -0.15) is 0 Å². The molecular weight excluding hydrogens is 654 g/mol. The predicted octanol–water partition coefficient (Wildman–Crippen LogP) is 7.66. The maximum Gasteiger partial charge on any atom is 0.238 e. The van der Waals surface area contributed by atoms with Crippen LogP contribution in [-0.2, 0) is 29.7 Å². The van der Waals surface area contributed by atoms with Crippen molar-refractivity contribution in [2.75, 3.05) is 0 Å². The number of benzene rings is 6. The molecule has 0 radical (unpaired) electrons. The van der Waals surface area contributed by atoms with E-state index in [9.17, 15) is 12.8 Å². The van der Waals surface area contributed by atoms with E-state index in [2.05, 4.69) is 27.8 Å². The van der Waals surface area contributed by atoms with Gasteiger partial charge < -0.3 is 19.8 Å². The molecule has 0 aliphatic rings. The lowest BCUT2D eigenvalue weighted by Gasteiger charge is -2.14. The molecule has 4 N–H and O–H groups in total. The van der Waals surface area contributed by atoms with Gasteiger partial charge >= 0.3 is 0 Å². The number of hydrogen-bond acceptors (Lipinski definition) is 6. The molecule has 0 unspecified atom stereocenters. The molecule has 0 aliphatic carbocycles. The average molecular weight is 686 g/mol. The van der Waals surface area contributed by atoms with Crippen LogP contribution in [0.25, 0.3) is 33.3 Å². The summed E-state index contributed by atoms with van der Waals surface area (Å²) in [6.45, 7) is 1.16. The Kier molecular flexibility index (Phi) is 9.24. The summed E-state index contributed by atoms with van der Waals surface area (Å²) in [6, 6.07) is 40.0. The molecule has 7 rings (SSSR count). The first kappa shape index (κ1) is 32.5. The highest BCUT2D eigenvalue weighted by atomic mass is 32.2. The van der Waals surface area contributed by atoms with Crippen molar-refractivity contribution in [2.24, 2.45) is 10.1 Å². The summed E-state index contributed by atoms with van der Waals surface area (Å²) in [5.74, 6) is 2.09. The molecule has 1 aromatic heterocycles. The number of sulfonamides is 1. The van der Waals surface area contributed by atoms with E-state index in [0.717, 1.165) is 33.2 Å². The van der Waals surface area contributed by atoms with Gasteiger partial charge in [0.1, 0.15) is 22.8 Å². The molecule has 50 heavy (non-hydrogen) atoms. The van der Waals surface area contributed by atoms with Crippen LogP contribution < -0.4 is 20.5 Å². The van der Waals surface area contributed by atoms with Crippen LogP contribution in [0.3, 0.4) is 0 Å². The largest absolute Gasteiger partial charge is 0.457 e. The molecule has 250 valence electrons. The third-order valence-corrected chi connectivity index (χ3v) is 8.94. The number of hydrogen-bond donors (Lipinski definition) is 3. The third kappa shape index (κ3) is 7.81. The van der Waals surface area contributed by atoms with Crippen molar-refractivity contribution >= 4 is 37.9 Å². The fraction of sp³-hybridized carbons (Fsp3) is 0.0769. The fourth-order valence-electron chi connectivity index (χ4n) is 5.43. The molecule has 0 saturated heterocycles. The molecule has 0 aliphatic heterocycles. The molecule has 0 saturated carbocycles. The van der Waals surface area contributed by atoms with Crippen LogP contribution in [0.1, 0.15) is 16.7 Å². The van der Waals surface area contributed by atoms with E-state index in [0.29, 0.717) is 53.9 Å². The molecule has 0 atom stereocenters. The second-order valence-electron chi connectivity index (χ2n) is 11.6. The highest BCUT2D eigenvalue weighted by Crippen LogP contribution is 2.30. The lowest BCUT2D eigenvalue weighted by atomic mass is 10.1. The van der Waals surface area contributed by atoms with E-state index in [1.165, 1.54) is 24.3 Å². The van der Waals surface area contributed by atoms with Crippen LogP contribution >= 0.6 is 0 Å². The van der Waals surface area contributed by atoms with Gasteiger partial charge in [0.25, 0.3) is 0 Å². The van der Waals surface area contributed by atoms with Crippen molar-refractivity contribution in [3.8, 4) is 23.0 Å². The smallest absolute Gasteiger partial charge is 0.238 e. The Balaban J connectivity index is 1.09. The molecule has 7 aromatic rings. The monoisotopic (exact) mass is 685 g/mol. The van der Waals surface area contributed by atoms with Gasteiger partial charge in [0, 0.05) is 24.0 Å². The Hall–Kier alpha value is -6.04. The van der Waals surface area contributed by atoms with Crippen molar-refractivity contribution in [3.05, 3.63) is 156 Å². The van der Waals surface area contributed by atoms with Crippen LogP contribution in [-0.4, -0.2) is 19.4 Å². The molecule has 0 amide bonds. The van der Waals surface area contributed by atoms with Crippen LogP contribution in [0.4, 0.5) is 4.39 Å². The lowest BCUT2D eigenvalue weighted by molar-refractivity contribution is 0.487. The number of guanidine groups is 1. The zero-order chi connectivity index (χ0) is 34.5. The number of nitrogens with one attached hydrogen (secondary N) is 2. The average Bonchev–Trinajstić information content (AvgIpc) is 3.55. The van der Waals surface area contributed by atoms with Crippen molar-refractivity contribution in [1.82, 2.24) is 15.6 Å². The standard InChI is InChI=1S/C39H32FN5O4S/c40-31-16-14-30(15-17-31)38-45-35-22-28(13-20-37(35)49-38)25-44-39(42-23-26-11-18-33(19-12-26)50(41,46)47)43-24-27-5-3-8-32(21-27)48-36-10-4-7-29-6-1-2-9-34(29)36/h1-22H,23-25H2,(H2,41,46,47)(H2,42,43,44). The summed E-state index contributed by atoms with van der Waals surface area (Å²) in [5.41, 5.74) is 4.70. The van der Waals surface area contributed by atoms with Gasteiger partial charge in [-0.1, -0.05) is 66.7 Å². The number of ether oxygens (including phenoxy) is 1. The number of rotatable bonds is 10. The second-order valence-corrected chi connectivity index (χ2v) is 13.2. The zero-order valence-corrected chi connectivity index (χ0v) is 27.5.